The Morgan fingerprint density at radius 3 is 2.30 bits per heavy atom. The second-order valence-electron chi connectivity index (χ2n) is 6.12. The van der Waals surface area contributed by atoms with Gasteiger partial charge in [-0.2, -0.15) is 0 Å². The van der Waals surface area contributed by atoms with E-state index < -0.39 is 0 Å². The Morgan fingerprint density at radius 2 is 1.57 bits per heavy atom. The maximum absolute atomic E-state index is 4.25. The lowest BCUT2D eigenvalue weighted by molar-refractivity contribution is 0.396. The zero-order valence-corrected chi connectivity index (χ0v) is 13.3. The summed E-state index contributed by atoms with van der Waals surface area (Å²) in [4.78, 5) is 2.08. The average molecular weight is 302 g/mol. The maximum atomic E-state index is 4.25. The minimum atomic E-state index is 0.790. The molecule has 0 amide bonds. The van der Waals surface area contributed by atoms with Crippen molar-refractivity contribution >= 4 is 21.5 Å². The van der Waals surface area contributed by atoms with Crippen LogP contribution in [-0.4, -0.2) is 34.0 Å². The fourth-order valence-electron chi connectivity index (χ4n) is 2.89. The highest BCUT2D eigenvalue weighted by atomic mass is 15.4. The van der Waals surface area contributed by atoms with Gasteiger partial charge in [0.05, 0.1) is 17.6 Å². The highest BCUT2D eigenvalue weighted by Gasteiger charge is 2.05. The van der Waals surface area contributed by atoms with Gasteiger partial charge in [-0.15, -0.1) is 5.10 Å². The van der Waals surface area contributed by atoms with Crippen LogP contribution < -0.4 is 0 Å². The molecular weight excluding hydrogens is 284 g/mol. The Hall–Kier alpha value is -2.72. The molecule has 0 aliphatic carbocycles. The van der Waals surface area contributed by atoms with Crippen molar-refractivity contribution in [1.29, 1.82) is 0 Å². The lowest BCUT2D eigenvalue weighted by Gasteiger charge is -2.06. The summed E-state index contributed by atoms with van der Waals surface area (Å²) in [5.74, 6) is 0. The van der Waals surface area contributed by atoms with Gasteiger partial charge >= 0.3 is 0 Å². The predicted octanol–water partition coefficient (Wildman–Crippen LogP) is 3.64. The molecule has 0 spiro atoms. The van der Waals surface area contributed by atoms with Crippen molar-refractivity contribution < 1.29 is 0 Å². The van der Waals surface area contributed by atoms with Crippen LogP contribution in [0.3, 0.4) is 0 Å². The van der Waals surface area contributed by atoms with Gasteiger partial charge < -0.3 is 4.90 Å². The summed E-state index contributed by atoms with van der Waals surface area (Å²) in [6, 6.07) is 19.3. The second-order valence-corrected chi connectivity index (χ2v) is 6.12. The van der Waals surface area contributed by atoms with E-state index in [-0.39, 0.29) is 0 Å². The Balaban J connectivity index is 1.78. The third-order valence-corrected chi connectivity index (χ3v) is 3.97. The fourth-order valence-corrected chi connectivity index (χ4v) is 2.89. The van der Waals surface area contributed by atoms with Crippen molar-refractivity contribution in [3.05, 3.63) is 66.5 Å². The van der Waals surface area contributed by atoms with Crippen molar-refractivity contribution in [2.45, 2.75) is 6.54 Å². The molecule has 23 heavy (non-hydrogen) atoms. The molecule has 4 nitrogen and oxygen atoms in total. The zero-order valence-electron chi connectivity index (χ0n) is 13.3. The van der Waals surface area contributed by atoms with Crippen LogP contribution in [0.25, 0.3) is 27.2 Å². The van der Waals surface area contributed by atoms with Crippen LogP contribution in [0.1, 0.15) is 5.69 Å². The number of hydrogen-bond acceptors (Lipinski definition) is 3. The Kier molecular flexibility index (Phi) is 3.32. The molecule has 114 valence electrons. The molecule has 3 aromatic carbocycles. The van der Waals surface area contributed by atoms with Gasteiger partial charge in [0, 0.05) is 6.54 Å². The van der Waals surface area contributed by atoms with Crippen LogP contribution in [-0.2, 0) is 6.54 Å². The minimum Gasteiger partial charge on any atom is -0.303 e. The van der Waals surface area contributed by atoms with Gasteiger partial charge in [-0.25, -0.2) is 4.68 Å². The molecule has 0 saturated carbocycles. The van der Waals surface area contributed by atoms with Gasteiger partial charge in [-0.05, 0) is 59.9 Å². The van der Waals surface area contributed by atoms with E-state index in [0.717, 1.165) is 17.9 Å². The third kappa shape index (κ3) is 2.69. The van der Waals surface area contributed by atoms with E-state index in [4.69, 9.17) is 0 Å². The van der Waals surface area contributed by atoms with Crippen molar-refractivity contribution in [1.82, 2.24) is 19.9 Å². The molecule has 0 radical (unpaired) electrons. The summed E-state index contributed by atoms with van der Waals surface area (Å²) in [5.41, 5.74) is 2.00. The highest BCUT2D eigenvalue weighted by molar-refractivity contribution is 5.98. The smallest absolute Gasteiger partial charge is 0.0971 e. The standard InChI is InChI=1S/C19H18N4/c1-22(2)12-18-13-23(21-20-18)19-8-7-16-9-14-5-3-4-6-15(14)10-17(16)11-19/h3-11,13H,12H2,1-2H3. The predicted molar refractivity (Wildman–Crippen MR) is 93.8 cm³/mol. The molecule has 1 aromatic heterocycles. The van der Waals surface area contributed by atoms with Crippen molar-refractivity contribution in [3.8, 4) is 5.69 Å². The van der Waals surface area contributed by atoms with Crippen LogP contribution in [0.15, 0.2) is 60.8 Å². The molecule has 4 rings (SSSR count). The van der Waals surface area contributed by atoms with Gasteiger partial charge in [-0.1, -0.05) is 35.5 Å². The molecule has 0 bridgehead atoms. The Morgan fingerprint density at radius 1 is 0.870 bits per heavy atom. The first-order chi connectivity index (χ1) is 11.2. The van der Waals surface area contributed by atoms with Gasteiger partial charge in [0.1, 0.15) is 0 Å². The van der Waals surface area contributed by atoms with E-state index in [9.17, 15) is 0 Å². The first-order valence-electron chi connectivity index (χ1n) is 7.68. The minimum absolute atomic E-state index is 0.790. The molecule has 0 aliphatic rings. The Labute approximate surface area is 135 Å². The normalized spacial score (nSPS) is 11.6. The summed E-state index contributed by atoms with van der Waals surface area (Å²) in [6.07, 6.45) is 1.99. The highest BCUT2D eigenvalue weighted by Crippen LogP contribution is 2.24. The van der Waals surface area contributed by atoms with Crippen LogP contribution >= 0.6 is 0 Å². The molecule has 0 aliphatic heterocycles. The van der Waals surface area contributed by atoms with Crippen LogP contribution in [0, 0.1) is 0 Å². The largest absolute Gasteiger partial charge is 0.303 e. The molecule has 4 aromatic rings. The second kappa shape index (κ2) is 5.48. The van der Waals surface area contributed by atoms with E-state index in [1.165, 1.54) is 21.5 Å². The summed E-state index contributed by atoms with van der Waals surface area (Å²) in [5, 5.41) is 13.5. The fraction of sp³-hybridized carbons (Fsp3) is 0.158. The lowest BCUT2D eigenvalue weighted by Crippen LogP contribution is -2.10. The third-order valence-electron chi connectivity index (χ3n) is 3.97. The van der Waals surface area contributed by atoms with E-state index in [1.54, 1.807) is 0 Å². The molecule has 4 heteroatoms. The number of aromatic nitrogens is 3. The van der Waals surface area contributed by atoms with Crippen LogP contribution in [0.5, 0.6) is 0 Å². The number of rotatable bonds is 3. The van der Waals surface area contributed by atoms with Gasteiger partial charge in [0.15, 0.2) is 0 Å². The Bertz CT molecular complexity index is 985. The topological polar surface area (TPSA) is 34.0 Å². The van der Waals surface area contributed by atoms with Gasteiger partial charge in [0.2, 0.25) is 0 Å². The van der Waals surface area contributed by atoms with E-state index in [2.05, 4.69) is 69.8 Å². The summed E-state index contributed by atoms with van der Waals surface area (Å²) in [6.45, 7) is 0.790. The number of hydrogen-bond donors (Lipinski definition) is 0. The SMILES string of the molecule is CN(C)Cc1cn(-c2ccc3cc4ccccc4cc3c2)nn1. The van der Waals surface area contributed by atoms with E-state index >= 15 is 0 Å². The molecular formula is C19H18N4. The van der Waals surface area contributed by atoms with Crippen molar-refractivity contribution in [2.24, 2.45) is 0 Å². The van der Waals surface area contributed by atoms with E-state index in [1.807, 2.05) is 25.0 Å². The lowest BCUT2D eigenvalue weighted by atomic mass is 10.0. The number of benzene rings is 3. The quantitative estimate of drug-likeness (QED) is 0.542. The van der Waals surface area contributed by atoms with Gasteiger partial charge in [0.25, 0.3) is 0 Å². The molecule has 0 unspecified atom stereocenters. The average Bonchev–Trinajstić information content (AvgIpc) is 3.00. The number of nitrogens with zero attached hydrogens (tertiary/aromatic N) is 4. The molecule has 0 atom stereocenters. The first-order valence-corrected chi connectivity index (χ1v) is 7.68. The first kappa shape index (κ1) is 13.9. The summed E-state index contributed by atoms with van der Waals surface area (Å²) < 4.78 is 1.84. The van der Waals surface area contributed by atoms with Crippen molar-refractivity contribution in [2.75, 3.05) is 14.1 Å². The molecule has 0 N–H and O–H groups in total. The summed E-state index contributed by atoms with van der Waals surface area (Å²) >= 11 is 0. The molecule has 0 fully saturated rings. The summed E-state index contributed by atoms with van der Waals surface area (Å²) in [7, 11) is 4.06. The van der Waals surface area contributed by atoms with Crippen LogP contribution in [0.4, 0.5) is 0 Å². The van der Waals surface area contributed by atoms with Gasteiger partial charge in [-0.3, -0.25) is 0 Å². The maximum Gasteiger partial charge on any atom is 0.0971 e. The molecule has 0 saturated heterocycles. The monoisotopic (exact) mass is 302 g/mol. The zero-order chi connectivity index (χ0) is 15.8. The van der Waals surface area contributed by atoms with E-state index in [0.29, 0.717) is 0 Å². The van der Waals surface area contributed by atoms with Crippen molar-refractivity contribution in [3.63, 3.8) is 0 Å². The molecule has 1 heterocycles. The van der Waals surface area contributed by atoms with Crippen LogP contribution in [0.2, 0.25) is 0 Å². The number of fused-ring (bicyclic) bond motifs is 2.